The highest BCUT2D eigenvalue weighted by molar-refractivity contribution is 9.10. The lowest BCUT2D eigenvalue weighted by Crippen LogP contribution is -2.29. The number of aryl methyl sites for hydroxylation is 1. The Morgan fingerprint density at radius 1 is 1.23 bits per heavy atom. The fraction of sp³-hybridized carbons (Fsp3) is 0.238. The Morgan fingerprint density at radius 3 is 2.68 bits per heavy atom. The van der Waals surface area contributed by atoms with E-state index in [0.717, 1.165) is 5.56 Å². The largest absolute Gasteiger partial charge is 0.342 e. The lowest BCUT2D eigenvalue weighted by molar-refractivity contribution is -0.113. The maximum Gasteiger partial charge on any atom is 0.252 e. The number of halogens is 2. The number of benzene rings is 2. The minimum atomic E-state index is -0.521. The second kappa shape index (κ2) is 10.1. The van der Waals surface area contributed by atoms with Gasteiger partial charge in [-0.05, 0) is 43.7 Å². The topological polar surface area (TPSA) is 88.9 Å². The van der Waals surface area contributed by atoms with E-state index in [9.17, 15) is 14.0 Å². The summed E-state index contributed by atoms with van der Waals surface area (Å²) < 4.78 is 16.2. The van der Waals surface area contributed by atoms with E-state index in [1.807, 2.05) is 32.0 Å². The average molecular weight is 506 g/mol. The SMILES string of the molecule is Cc1ccccc1C(=O)N[C@H](C)c1nnc(SCC(=O)Nc2ccc(Br)cc2F)n1C. The van der Waals surface area contributed by atoms with Gasteiger partial charge in [0.1, 0.15) is 5.82 Å². The van der Waals surface area contributed by atoms with Crippen LogP contribution < -0.4 is 10.6 Å². The first-order chi connectivity index (χ1) is 14.8. The molecule has 162 valence electrons. The van der Waals surface area contributed by atoms with E-state index in [-0.39, 0.29) is 29.3 Å². The first-order valence-electron chi connectivity index (χ1n) is 9.39. The van der Waals surface area contributed by atoms with Gasteiger partial charge in [0.25, 0.3) is 5.91 Å². The van der Waals surface area contributed by atoms with Crippen LogP contribution in [0, 0.1) is 12.7 Å². The van der Waals surface area contributed by atoms with Gasteiger partial charge in [-0.1, -0.05) is 45.9 Å². The molecule has 0 aliphatic heterocycles. The molecule has 3 aromatic rings. The van der Waals surface area contributed by atoms with Crippen molar-refractivity contribution in [2.24, 2.45) is 7.05 Å². The Bertz CT molecular complexity index is 1120. The van der Waals surface area contributed by atoms with Crippen molar-refractivity contribution in [2.45, 2.75) is 25.0 Å². The second-order valence-electron chi connectivity index (χ2n) is 6.87. The zero-order valence-corrected chi connectivity index (χ0v) is 19.6. The van der Waals surface area contributed by atoms with Crippen LogP contribution in [0.5, 0.6) is 0 Å². The Labute approximate surface area is 192 Å². The molecule has 1 atom stereocenters. The molecule has 2 N–H and O–H groups in total. The normalized spacial score (nSPS) is 11.8. The predicted octanol–water partition coefficient (Wildman–Crippen LogP) is 4.25. The number of hydrogen-bond donors (Lipinski definition) is 2. The van der Waals surface area contributed by atoms with Gasteiger partial charge in [-0.25, -0.2) is 4.39 Å². The molecule has 0 aliphatic carbocycles. The molecular formula is C21H21BrFN5O2S. The van der Waals surface area contributed by atoms with E-state index in [4.69, 9.17) is 0 Å². The Balaban J connectivity index is 1.59. The molecule has 0 spiro atoms. The summed E-state index contributed by atoms with van der Waals surface area (Å²) in [5.74, 6) is -0.489. The first-order valence-corrected chi connectivity index (χ1v) is 11.2. The number of thioether (sulfide) groups is 1. The van der Waals surface area contributed by atoms with Gasteiger partial charge in [0, 0.05) is 17.1 Å². The Kier molecular flexibility index (Phi) is 7.45. The van der Waals surface area contributed by atoms with E-state index < -0.39 is 5.82 Å². The summed E-state index contributed by atoms with van der Waals surface area (Å²) in [6, 6.07) is 11.4. The van der Waals surface area contributed by atoms with Gasteiger partial charge >= 0.3 is 0 Å². The van der Waals surface area contributed by atoms with Gasteiger partial charge in [0.05, 0.1) is 17.5 Å². The van der Waals surface area contributed by atoms with Gasteiger partial charge in [-0.2, -0.15) is 0 Å². The third-order valence-electron chi connectivity index (χ3n) is 4.53. The predicted molar refractivity (Wildman–Crippen MR) is 122 cm³/mol. The molecule has 0 saturated heterocycles. The monoisotopic (exact) mass is 505 g/mol. The van der Waals surface area contributed by atoms with Crippen LogP contribution in [0.1, 0.15) is 34.7 Å². The molecule has 0 fully saturated rings. The fourth-order valence-electron chi connectivity index (χ4n) is 2.90. The number of rotatable bonds is 7. The minimum Gasteiger partial charge on any atom is -0.342 e. The van der Waals surface area contributed by atoms with E-state index in [1.54, 1.807) is 23.7 Å². The van der Waals surface area contributed by atoms with Crippen molar-refractivity contribution in [1.82, 2.24) is 20.1 Å². The Morgan fingerprint density at radius 2 is 1.97 bits per heavy atom. The third-order valence-corrected chi connectivity index (χ3v) is 6.04. The first kappa shape index (κ1) is 23.0. The molecule has 0 radical (unpaired) electrons. The number of nitrogens with one attached hydrogen (secondary N) is 2. The summed E-state index contributed by atoms with van der Waals surface area (Å²) in [7, 11) is 1.76. The molecule has 7 nitrogen and oxygen atoms in total. The Hall–Kier alpha value is -2.72. The number of carbonyl (C=O) groups excluding carboxylic acids is 2. The van der Waals surface area contributed by atoms with Gasteiger partial charge in [-0.15, -0.1) is 10.2 Å². The molecule has 1 aromatic heterocycles. The molecule has 0 bridgehead atoms. The van der Waals surface area contributed by atoms with Gasteiger partial charge in [-0.3, -0.25) is 9.59 Å². The number of aromatic nitrogens is 3. The standard InChI is InChI=1S/C21H21BrFN5O2S/c1-12-6-4-5-7-15(12)20(30)24-13(2)19-26-27-21(28(19)3)31-11-18(29)25-17-9-8-14(22)10-16(17)23/h4-10,13H,11H2,1-3H3,(H,24,30)(H,25,29)/t13-/m1/s1. The molecule has 2 aromatic carbocycles. The van der Waals surface area contributed by atoms with Crippen molar-refractivity contribution in [3.63, 3.8) is 0 Å². The van der Waals surface area contributed by atoms with Gasteiger partial charge in [0.15, 0.2) is 11.0 Å². The molecule has 1 heterocycles. The van der Waals surface area contributed by atoms with Crippen LogP contribution in [0.2, 0.25) is 0 Å². The average Bonchev–Trinajstić information content (AvgIpc) is 3.09. The quantitative estimate of drug-likeness (QED) is 0.468. The molecule has 31 heavy (non-hydrogen) atoms. The fourth-order valence-corrected chi connectivity index (χ4v) is 3.95. The second-order valence-corrected chi connectivity index (χ2v) is 8.73. The molecule has 0 aliphatic rings. The van der Waals surface area contributed by atoms with E-state index in [1.165, 1.54) is 23.9 Å². The van der Waals surface area contributed by atoms with Gasteiger partial charge < -0.3 is 15.2 Å². The van der Waals surface area contributed by atoms with Crippen LogP contribution in [0.3, 0.4) is 0 Å². The van der Waals surface area contributed by atoms with Crippen molar-refractivity contribution >= 4 is 45.2 Å². The summed E-state index contributed by atoms with van der Waals surface area (Å²) in [5, 5.41) is 14.2. The molecule has 10 heteroatoms. The summed E-state index contributed by atoms with van der Waals surface area (Å²) in [6.45, 7) is 3.69. The minimum absolute atomic E-state index is 0.0332. The smallest absolute Gasteiger partial charge is 0.252 e. The number of carbonyl (C=O) groups is 2. The summed E-state index contributed by atoms with van der Waals surface area (Å²) >= 11 is 4.35. The van der Waals surface area contributed by atoms with Crippen LogP contribution in [0.25, 0.3) is 0 Å². The summed E-state index contributed by atoms with van der Waals surface area (Å²) in [6.07, 6.45) is 0. The lowest BCUT2D eigenvalue weighted by Gasteiger charge is -2.14. The van der Waals surface area contributed by atoms with Crippen LogP contribution in [-0.2, 0) is 11.8 Å². The molecule has 0 unspecified atom stereocenters. The maximum absolute atomic E-state index is 13.9. The zero-order chi connectivity index (χ0) is 22.5. The molecule has 3 rings (SSSR count). The lowest BCUT2D eigenvalue weighted by atomic mass is 10.1. The highest BCUT2D eigenvalue weighted by atomic mass is 79.9. The zero-order valence-electron chi connectivity index (χ0n) is 17.1. The number of amides is 2. The summed E-state index contributed by atoms with van der Waals surface area (Å²) in [4.78, 5) is 24.7. The molecule has 2 amide bonds. The molecule has 0 saturated carbocycles. The highest BCUT2D eigenvalue weighted by Gasteiger charge is 2.20. The van der Waals surface area contributed by atoms with Crippen LogP contribution in [0.15, 0.2) is 52.1 Å². The number of anilines is 1. The van der Waals surface area contributed by atoms with Crippen molar-refractivity contribution in [2.75, 3.05) is 11.1 Å². The summed E-state index contributed by atoms with van der Waals surface area (Å²) in [5.41, 5.74) is 1.59. The van der Waals surface area contributed by atoms with Crippen molar-refractivity contribution < 1.29 is 14.0 Å². The van der Waals surface area contributed by atoms with Crippen LogP contribution in [-0.4, -0.2) is 32.3 Å². The number of hydrogen-bond acceptors (Lipinski definition) is 5. The van der Waals surface area contributed by atoms with Crippen molar-refractivity contribution in [1.29, 1.82) is 0 Å². The number of nitrogens with zero attached hydrogens (tertiary/aromatic N) is 3. The van der Waals surface area contributed by atoms with E-state index in [0.29, 0.717) is 21.0 Å². The van der Waals surface area contributed by atoms with Gasteiger partial charge in [0.2, 0.25) is 5.91 Å². The maximum atomic E-state index is 13.9. The van der Waals surface area contributed by atoms with Crippen molar-refractivity contribution in [3.8, 4) is 0 Å². The molecular weight excluding hydrogens is 485 g/mol. The highest BCUT2D eigenvalue weighted by Crippen LogP contribution is 2.22. The van der Waals surface area contributed by atoms with Crippen molar-refractivity contribution in [3.05, 3.63) is 69.7 Å². The third kappa shape index (κ3) is 5.71. The van der Waals surface area contributed by atoms with Crippen LogP contribution >= 0.6 is 27.7 Å². The van der Waals surface area contributed by atoms with E-state index >= 15 is 0 Å². The van der Waals surface area contributed by atoms with Crippen LogP contribution in [0.4, 0.5) is 10.1 Å². The van der Waals surface area contributed by atoms with E-state index in [2.05, 4.69) is 36.8 Å².